The second-order valence-corrected chi connectivity index (χ2v) is 3.69. The Bertz CT molecular complexity index is 411. The lowest BCUT2D eigenvalue weighted by molar-refractivity contribution is -0.131. The molecule has 0 saturated carbocycles. The minimum absolute atomic E-state index is 0.109. The minimum Gasteiger partial charge on any atom is -0.432 e. The van der Waals surface area contributed by atoms with Gasteiger partial charge in [0.2, 0.25) is 5.88 Å². The van der Waals surface area contributed by atoms with Gasteiger partial charge in [0.05, 0.1) is 0 Å². The number of hydrogen-bond acceptors (Lipinski definition) is 3. The predicted molar refractivity (Wildman–Crippen MR) is 50.8 cm³/mol. The molecule has 6 heteroatoms. The topological polar surface area (TPSA) is 51.2 Å². The second-order valence-electron chi connectivity index (χ2n) is 2.83. The van der Waals surface area contributed by atoms with Crippen LogP contribution in [0.5, 0.6) is 5.88 Å². The maximum atomic E-state index is 12.8. The molecule has 1 aliphatic heterocycles. The van der Waals surface area contributed by atoms with Crippen LogP contribution in [-0.2, 0) is 4.79 Å². The smallest absolute Gasteiger partial charge is 0.318 e. The van der Waals surface area contributed by atoms with Crippen molar-refractivity contribution in [3.05, 3.63) is 16.2 Å². The number of carbonyl (C=O) groups is 1. The number of nitrogens with zero attached hydrogens (tertiary/aromatic N) is 1. The molecule has 0 aromatic carbocycles. The predicted octanol–water partition coefficient (Wildman–Crippen LogP) is 1.78. The van der Waals surface area contributed by atoms with Crippen LogP contribution < -0.4 is 10.1 Å². The zero-order chi connectivity index (χ0) is 10.3. The Balaban J connectivity index is 2.52. The molecule has 0 saturated heterocycles. The number of fused-ring (bicyclic) bond motifs is 1. The number of pyridine rings is 1. The van der Waals surface area contributed by atoms with Crippen molar-refractivity contribution in [1.82, 2.24) is 4.98 Å². The Morgan fingerprint density at radius 3 is 3.14 bits per heavy atom. The van der Waals surface area contributed by atoms with E-state index in [1.54, 1.807) is 6.92 Å². The molecule has 4 nitrogen and oxygen atoms in total. The largest absolute Gasteiger partial charge is 0.432 e. The Labute approximate surface area is 87.6 Å². The van der Waals surface area contributed by atoms with Gasteiger partial charge in [0, 0.05) is 10.7 Å². The molecule has 0 spiro atoms. The molecule has 1 aromatic heterocycles. The fourth-order valence-corrected chi connectivity index (χ4v) is 1.43. The van der Waals surface area contributed by atoms with Gasteiger partial charge < -0.3 is 10.1 Å². The average Bonchev–Trinajstić information content (AvgIpc) is 2.15. The monoisotopic (exact) mass is 260 g/mol. The fourth-order valence-electron chi connectivity index (χ4n) is 1.12. The van der Waals surface area contributed by atoms with Gasteiger partial charge in [-0.05, 0) is 28.4 Å². The normalized spacial score (nSPS) is 19.6. The van der Waals surface area contributed by atoms with Gasteiger partial charge in [0.1, 0.15) is 5.69 Å². The van der Waals surface area contributed by atoms with E-state index in [0.717, 1.165) is 10.0 Å². The van der Waals surface area contributed by atoms with Crippen LogP contribution in [0.1, 0.15) is 5.56 Å². The first-order valence-electron chi connectivity index (χ1n) is 3.86. The van der Waals surface area contributed by atoms with Crippen LogP contribution >= 0.6 is 15.9 Å². The fraction of sp³-hybridized carbons (Fsp3) is 0.250. The molecule has 1 atom stereocenters. The SMILES string of the molecule is Cc1c(Br)cnc2c1NC(=O)C(F)O2. The van der Waals surface area contributed by atoms with Crippen LogP contribution in [-0.4, -0.2) is 17.2 Å². The molecule has 1 unspecified atom stereocenters. The summed E-state index contributed by atoms with van der Waals surface area (Å²) < 4.78 is 18.2. The van der Waals surface area contributed by atoms with Crippen LogP contribution in [0.2, 0.25) is 0 Å². The lowest BCUT2D eigenvalue weighted by Crippen LogP contribution is -2.34. The Kier molecular flexibility index (Phi) is 2.14. The van der Waals surface area contributed by atoms with Crippen LogP contribution in [0.4, 0.5) is 10.1 Å². The molecule has 2 rings (SSSR count). The molecule has 0 fully saturated rings. The molecular weight excluding hydrogens is 255 g/mol. The Hall–Kier alpha value is -1.17. The van der Waals surface area contributed by atoms with Crippen LogP contribution in [0, 0.1) is 6.92 Å². The summed E-state index contributed by atoms with van der Waals surface area (Å²) in [7, 11) is 0. The standard InChI is InChI=1S/C8H6BrFN2O2/c1-3-4(9)2-11-8-5(3)12-7(13)6(10)14-8/h2,6H,1H3,(H,12,13). The molecule has 2 heterocycles. The van der Waals surface area contributed by atoms with Crippen molar-refractivity contribution in [2.45, 2.75) is 13.3 Å². The maximum Gasteiger partial charge on any atom is 0.318 e. The van der Waals surface area contributed by atoms with Crippen LogP contribution in [0.15, 0.2) is 10.7 Å². The van der Waals surface area contributed by atoms with E-state index in [1.165, 1.54) is 6.20 Å². The van der Waals surface area contributed by atoms with Gasteiger partial charge in [-0.15, -0.1) is 0 Å². The van der Waals surface area contributed by atoms with Crippen molar-refractivity contribution >= 4 is 27.5 Å². The summed E-state index contributed by atoms with van der Waals surface area (Å²) in [5.74, 6) is -0.696. The summed E-state index contributed by atoms with van der Waals surface area (Å²) in [4.78, 5) is 14.8. The van der Waals surface area contributed by atoms with Gasteiger partial charge in [0.15, 0.2) is 0 Å². The molecule has 1 amide bonds. The van der Waals surface area contributed by atoms with Crippen molar-refractivity contribution in [3.63, 3.8) is 0 Å². The maximum absolute atomic E-state index is 12.8. The van der Waals surface area contributed by atoms with E-state index in [1.807, 2.05) is 0 Å². The van der Waals surface area contributed by atoms with E-state index in [2.05, 4.69) is 31.0 Å². The summed E-state index contributed by atoms with van der Waals surface area (Å²) >= 11 is 3.25. The minimum atomic E-state index is -1.98. The lowest BCUT2D eigenvalue weighted by Gasteiger charge is -2.21. The number of halogens is 2. The van der Waals surface area contributed by atoms with Crippen molar-refractivity contribution < 1.29 is 13.9 Å². The van der Waals surface area contributed by atoms with Gasteiger partial charge in [-0.25, -0.2) is 4.98 Å². The lowest BCUT2D eigenvalue weighted by atomic mass is 10.2. The summed E-state index contributed by atoms with van der Waals surface area (Å²) in [5.41, 5.74) is 1.17. The number of aromatic nitrogens is 1. The molecule has 0 bridgehead atoms. The third-order valence-electron chi connectivity index (χ3n) is 1.91. The number of nitrogens with one attached hydrogen (secondary N) is 1. The van der Waals surface area contributed by atoms with E-state index in [4.69, 9.17) is 0 Å². The number of amides is 1. The Morgan fingerprint density at radius 2 is 2.43 bits per heavy atom. The van der Waals surface area contributed by atoms with Gasteiger partial charge >= 0.3 is 6.36 Å². The van der Waals surface area contributed by atoms with E-state index < -0.39 is 12.3 Å². The first-order chi connectivity index (χ1) is 6.59. The molecular formula is C8H6BrFN2O2. The Morgan fingerprint density at radius 1 is 1.71 bits per heavy atom. The average molecular weight is 261 g/mol. The molecule has 0 aliphatic carbocycles. The summed E-state index contributed by atoms with van der Waals surface area (Å²) in [6.45, 7) is 1.77. The number of hydrogen-bond donors (Lipinski definition) is 1. The highest BCUT2D eigenvalue weighted by Crippen LogP contribution is 2.34. The number of alkyl halides is 1. The number of ether oxygens (including phenoxy) is 1. The number of anilines is 1. The van der Waals surface area contributed by atoms with Crippen molar-refractivity contribution in [2.24, 2.45) is 0 Å². The van der Waals surface area contributed by atoms with Crippen LogP contribution in [0.3, 0.4) is 0 Å². The van der Waals surface area contributed by atoms with E-state index in [-0.39, 0.29) is 5.88 Å². The first-order valence-corrected chi connectivity index (χ1v) is 4.65. The highest BCUT2D eigenvalue weighted by molar-refractivity contribution is 9.10. The molecule has 74 valence electrons. The van der Waals surface area contributed by atoms with Crippen molar-refractivity contribution in [1.29, 1.82) is 0 Å². The second kappa shape index (κ2) is 3.20. The summed E-state index contributed by atoms with van der Waals surface area (Å²) in [6, 6.07) is 0. The van der Waals surface area contributed by atoms with Crippen LogP contribution in [0.25, 0.3) is 0 Å². The molecule has 1 N–H and O–H groups in total. The molecule has 1 aliphatic rings. The number of carbonyl (C=O) groups excluding carboxylic acids is 1. The van der Waals surface area contributed by atoms with Gasteiger partial charge in [-0.2, -0.15) is 4.39 Å². The zero-order valence-corrected chi connectivity index (χ0v) is 8.76. The number of rotatable bonds is 0. The van der Waals surface area contributed by atoms with Crippen molar-refractivity contribution in [3.8, 4) is 5.88 Å². The van der Waals surface area contributed by atoms with E-state index >= 15 is 0 Å². The third kappa shape index (κ3) is 1.35. The molecule has 14 heavy (non-hydrogen) atoms. The molecule has 1 aromatic rings. The highest BCUT2D eigenvalue weighted by Gasteiger charge is 2.29. The van der Waals surface area contributed by atoms with Gasteiger partial charge in [0.25, 0.3) is 5.91 Å². The van der Waals surface area contributed by atoms with Gasteiger partial charge in [-0.1, -0.05) is 0 Å². The van der Waals surface area contributed by atoms with E-state index in [0.29, 0.717) is 5.69 Å². The van der Waals surface area contributed by atoms with Gasteiger partial charge in [-0.3, -0.25) is 4.79 Å². The third-order valence-corrected chi connectivity index (χ3v) is 2.71. The quantitative estimate of drug-likeness (QED) is 0.774. The van der Waals surface area contributed by atoms with E-state index in [9.17, 15) is 9.18 Å². The highest BCUT2D eigenvalue weighted by atomic mass is 79.9. The van der Waals surface area contributed by atoms with Crippen molar-refractivity contribution in [2.75, 3.05) is 5.32 Å². The summed E-state index contributed by atoms with van der Waals surface area (Å²) in [5, 5.41) is 2.39. The summed E-state index contributed by atoms with van der Waals surface area (Å²) in [6.07, 6.45) is -0.478. The first kappa shape index (κ1) is 9.39. The molecule has 0 radical (unpaired) electrons. The zero-order valence-electron chi connectivity index (χ0n) is 7.17.